The van der Waals surface area contributed by atoms with Gasteiger partial charge in [-0.15, -0.1) is 0 Å². The van der Waals surface area contributed by atoms with Crippen LogP contribution in [0.4, 0.5) is 13.2 Å². The van der Waals surface area contributed by atoms with Crippen LogP contribution in [0.15, 0.2) is 18.2 Å². The molecule has 0 spiro atoms. The van der Waals surface area contributed by atoms with Crippen molar-refractivity contribution in [2.75, 3.05) is 40.5 Å². The zero-order chi connectivity index (χ0) is 15.2. The van der Waals surface area contributed by atoms with E-state index in [-0.39, 0.29) is 3.57 Å². The van der Waals surface area contributed by atoms with E-state index in [1.165, 1.54) is 12.1 Å². The number of methoxy groups -OCH3 is 1. The highest BCUT2D eigenvalue weighted by Gasteiger charge is 2.32. The van der Waals surface area contributed by atoms with Crippen LogP contribution in [0.5, 0.6) is 5.75 Å². The first-order valence-corrected chi connectivity index (χ1v) is 7.09. The van der Waals surface area contributed by atoms with Crippen molar-refractivity contribution in [2.45, 2.75) is 6.18 Å². The second kappa shape index (κ2) is 8.04. The van der Waals surface area contributed by atoms with Gasteiger partial charge in [0.2, 0.25) is 0 Å². The van der Waals surface area contributed by atoms with Gasteiger partial charge in [0, 0.05) is 23.8 Å². The highest BCUT2D eigenvalue weighted by molar-refractivity contribution is 14.1. The monoisotopic (exact) mass is 403 g/mol. The van der Waals surface area contributed by atoms with Gasteiger partial charge in [0.15, 0.2) is 0 Å². The molecule has 1 aromatic rings. The van der Waals surface area contributed by atoms with E-state index in [0.29, 0.717) is 25.5 Å². The number of rotatable bonds is 7. The smallest absolute Gasteiger partial charge is 0.417 e. The maximum absolute atomic E-state index is 12.6. The molecule has 0 aliphatic heterocycles. The molecule has 7 heteroatoms. The molecule has 0 saturated carbocycles. The Balaban J connectivity index is 2.48. The number of hydrogen-bond acceptors (Lipinski definition) is 3. The molecular formula is C13H17F3INO2. The Morgan fingerprint density at radius 3 is 2.40 bits per heavy atom. The highest BCUT2D eigenvalue weighted by atomic mass is 127. The number of nitrogens with zero attached hydrogens (tertiary/aromatic N) is 1. The minimum absolute atomic E-state index is 0.139. The normalized spacial score (nSPS) is 11.9. The summed E-state index contributed by atoms with van der Waals surface area (Å²) in [5.41, 5.74) is -0.636. The van der Waals surface area contributed by atoms with Crippen molar-refractivity contribution in [3.05, 3.63) is 27.3 Å². The summed E-state index contributed by atoms with van der Waals surface area (Å²) in [7, 11) is 3.56. The standard InChI is InChI=1S/C13H17F3INO2/c1-18(5-7-19-2)6-8-20-10-3-4-11(12(17)9-10)13(14,15)16/h3-4,9H,5-8H2,1-2H3. The Morgan fingerprint density at radius 2 is 1.85 bits per heavy atom. The molecule has 0 radical (unpaired) electrons. The molecule has 0 atom stereocenters. The fourth-order valence-electron chi connectivity index (χ4n) is 1.49. The molecule has 114 valence electrons. The summed E-state index contributed by atoms with van der Waals surface area (Å²) in [5.74, 6) is 0.447. The molecule has 1 rings (SSSR count). The van der Waals surface area contributed by atoms with Crippen LogP contribution in [0.2, 0.25) is 0 Å². The SMILES string of the molecule is COCCN(C)CCOc1ccc(C(F)(F)F)c(I)c1. The van der Waals surface area contributed by atoms with Gasteiger partial charge in [-0.2, -0.15) is 13.2 Å². The van der Waals surface area contributed by atoms with E-state index in [4.69, 9.17) is 9.47 Å². The minimum atomic E-state index is -4.32. The number of hydrogen-bond donors (Lipinski definition) is 0. The molecule has 0 fully saturated rings. The Labute approximate surface area is 130 Å². The molecular weight excluding hydrogens is 386 g/mol. The van der Waals surface area contributed by atoms with Crippen molar-refractivity contribution >= 4 is 22.6 Å². The Kier molecular flexibility index (Phi) is 7.04. The number of halogens is 4. The molecule has 0 amide bonds. The molecule has 0 N–H and O–H groups in total. The van der Waals surface area contributed by atoms with Crippen LogP contribution in [-0.2, 0) is 10.9 Å². The third kappa shape index (κ3) is 5.84. The van der Waals surface area contributed by atoms with E-state index in [9.17, 15) is 13.2 Å². The summed E-state index contributed by atoms with van der Waals surface area (Å²) in [4.78, 5) is 2.03. The van der Waals surface area contributed by atoms with Crippen LogP contribution in [0, 0.1) is 3.57 Å². The molecule has 0 heterocycles. The van der Waals surface area contributed by atoms with E-state index in [1.54, 1.807) is 29.7 Å². The molecule has 0 saturated heterocycles. The van der Waals surface area contributed by atoms with Gasteiger partial charge in [-0.3, -0.25) is 0 Å². The topological polar surface area (TPSA) is 21.7 Å². The van der Waals surface area contributed by atoms with Crippen molar-refractivity contribution in [3.63, 3.8) is 0 Å². The van der Waals surface area contributed by atoms with Gasteiger partial charge in [-0.1, -0.05) is 0 Å². The van der Waals surface area contributed by atoms with Crippen molar-refractivity contribution in [3.8, 4) is 5.75 Å². The van der Waals surface area contributed by atoms with Crippen LogP contribution < -0.4 is 4.74 Å². The molecule has 20 heavy (non-hydrogen) atoms. The largest absolute Gasteiger partial charge is 0.492 e. The van der Waals surface area contributed by atoms with Crippen molar-refractivity contribution in [2.24, 2.45) is 0 Å². The van der Waals surface area contributed by atoms with Crippen molar-refractivity contribution in [1.29, 1.82) is 0 Å². The van der Waals surface area contributed by atoms with Crippen molar-refractivity contribution in [1.82, 2.24) is 4.90 Å². The van der Waals surface area contributed by atoms with Gasteiger partial charge in [-0.25, -0.2) is 0 Å². The molecule has 0 aliphatic carbocycles. The van der Waals surface area contributed by atoms with Gasteiger partial charge < -0.3 is 14.4 Å². The molecule has 3 nitrogen and oxygen atoms in total. The van der Waals surface area contributed by atoms with Gasteiger partial charge in [0.05, 0.1) is 12.2 Å². The Hall–Kier alpha value is -0.540. The van der Waals surface area contributed by atoms with E-state index in [0.717, 1.165) is 12.6 Å². The lowest BCUT2D eigenvalue weighted by molar-refractivity contribution is -0.138. The molecule has 0 aromatic heterocycles. The lowest BCUT2D eigenvalue weighted by Crippen LogP contribution is -2.27. The lowest BCUT2D eigenvalue weighted by Gasteiger charge is -2.17. The Morgan fingerprint density at radius 1 is 1.20 bits per heavy atom. The quantitative estimate of drug-likeness (QED) is 0.653. The van der Waals surface area contributed by atoms with Gasteiger partial charge >= 0.3 is 6.18 Å². The average molecular weight is 403 g/mol. The van der Waals surface area contributed by atoms with Crippen molar-refractivity contribution < 1.29 is 22.6 Å². The van der Waals surface area contributed by atoms with E-state index < -0.39 is 11.7 Å². The summed E-state index contributed by atoms with van der Waals surface area (Å²) in [6.45, 7) is 2.52. The second-order valence-electron chi connectivity index (χ2n) is 4.28. The van der Waals surface area contributed by atoms with Crippen LogP contribution in [0.1, 0.15) is 5.56 Å². The van der Waals surface area contributed by atoms with Crippen LogP contribution in [-0.4, -0.2) is 45.4 Å². The first-order valence-electron chi connectivity index (χ1n) is 6.01. The maximum atomic E-state index is 12.6. The summed E-state index contributed by atoms with van der Waals surface area (Å²) < 4.78 is 48.3. The first kappa shape index (κ1) is 17.5. The maximum Gasteiger partial charge on any atom is 0.417 e. The van der Waals surface area contributed by atoms with Crippen LogP contribution in [0.25, 0.3) is 0 Å². The third-order valence-electron chi connectivity index (χ3n) is 2.66. The fraction of sp³-hybridized carbons (Fsp3) is 0.538. The van der Waals surface area contributed by atoms with E-state index in [2.05, 4.69) is 0 Å². The first-order chi connectivity index (χ1) is 9.34. The van der Waals surface area contributed by atoms with E-state index >= 15 is 0 Å². The number of likely N-dealkylation sites (N-methyl/N-ethyl adjacent to an activating group) is 1. The van der Waals surface area contributed by atoms with Gasteiger partial charge in [-0.05, 0) is 47.8 Å². The molecule has 1 aromatic carbocycles. The zero-order valence-electron chi connectivity index (χ0n) is 11.3. The number of alkyl halides is 3. The molecule has 0 unspecified atom stereocenters. The summed E-state index contributed by atoms with van der Waals surface area (Å²) in [5, 5.41) is 0. The Bertz CT molecular complexity index is 427. The van der Waals surface area contributed by atoms with Gasteiger partial charge in [0.1, 0.15) is 12.4 Å². The second-order valence-corrected chi connectivity index (χ2v) is 5.45. The summed E-state index contributed by atoms with van der Waals surface area (Å²) in [6, 6.07) is 3.80. The number of ether oxygens (including phenoxy) is 2. The number of benzene rings is 1. The lowest BCUT2D eigenvalue weighted by atomic mass is 10.2. The van der Waals surface area contributed by atoms with Gasteiger partial charge in [0.25, 0.3) is 0 Å². The zero-order valence-corrected chi connectivity index (χ0v) is 13.5. The summed E-state index contributed by atoms with van der Waals surface area (Å²) in [6.07, 6.45) is -4.32. The molecule has 0 aliphatic rings. The third-order valence-corrected chi connectivity index (χ3v) is 3.56. The predicted molar refractivity (Wildman–Crippen MR) is 79.0 cm³/mol. The highest BCUT2D eigenvalue weighted by Crippen LogP contribution is 2.34. The summed E-state index contributed by atoms with van der Waals surface area (Å²) >= 11 is 1.67. The minimum Gasteiger partial charge on any atom is -0.492 e. The fourth-order valence-corrected chi connectivity index (χ4v) is 2.29. The van der Waals surface area contributed by atoms with E-state index in [1.807, 2.05) is 11.9 Å². The van der Waals surface area contributed by atoms with Crippen LogP contribution in [0.3, 0.4) is 0 Å². The average Bonchev–Trinajstić information content (AvgIpc) is 2.35. The van der Waals surface area contributed by atoms with Crippen LogP contribution >= 0.6 is 22.6 Å². The predicted octanol–water partition coefficient (Wildman–Crippen LogP) is 3.27. The molecule has 0 bridgehead atoms.